The summed E-state index contributed by atoms with van der Waals surface area (Å²) in [4.78, 5) is 19.4. The molecule has 0 bridgehead atoms. The van der Waals surface area contributed by atoms with Crippen LogP contribution in [0, 0.1) is 0 Å². The predicted octanol–water partition coefficient (Wildman–Crippen LogP) is 2.08. The third-order valence-corrected chi connectivity index (χ3v) is 4.34. The largest absolute Gasteiger partial charge is 0.493 e. The number of hydrogen-bond donors (Lipinski definition) is 1. The summed E-state index contributed by atoms with van der Waals surface area (Å²) >= 11 is 1.47. The summed E-state index contributed by atoms with van der Waals surface area (Å²) in [5, 5.41) is 0.585. The van der Waals surface area contributed by atoms with Gasteiger partial charge in [-0.05, 0) is 12.1 Å². The Morgan fingerprint density at radius 2 is 2.19 bits per heavy atom. The Labute approximate surface area is 127 Å². The number of nitrogens with zero attached hydrogens (tertiary/aromatic N) is 2. The number of nitrogen functional groups attached to an aromatic ring is 1. The first kappa shape index (κ1) is 13.9. The summed E-state index contributed by atoms with van der Waals surface area (Å²) in [6, 6.07) is 9.54. The van der Waals surface area contributed by atoms with E-state index in [4.69, 9.17) is 10.5 Å². The average molecular weight is 303 g/mol. The number of carbonyl (C=O) groups is 1. The first-order valence-electron chi connectivity index (χ1n) is 6.92. The van der Waals surface area contributed by atoms with E-state index >= 15 is 0 Å². The number of thiazole rings is 1. The van der Waals surface area contributed by atoms with E-state index in [9.17, 15) is 4.79 Å². The number of amides is 1. The molecular formula is C15H17N3O2S. The lowest BCUT2D eigenvalue weighted by atomic mass is 10.1. The van der Waals surface area contributed by atoms with Crippen molar-refractivity contribution in [2.75, 3.05) is 18.9 Å². The van der Waals surface area contributed by atoms with Crippen LogP contribution in [0.2, 0.25) is 0 Å². The lowest BCUT2D eigenvalue weighted by Gasteiger charge is -2.26. The van der Waals surface area contributed by atoms with Crippen molar-refractivity contribution in [3.8, 4) is 5.75 Å². The molecule has 1 aromatic carbocycles. The molecule has 0 fully saturated rings. The second-order valence-corrected chi connectivity index (χ2v) is 6.01. The van der Waals surface area contributed by atoms with E-state index in [1.54, 1.807) is 0 Å². The van der Waals surface area contributed by atoms with Crippen molar-refractivity contribution in [3.63, 3.8) is 0 Å². The molecule has 1 aliphatic heterocycles. The molecule has 110 valence electrons. The Bertz CT molecular complexity index is 627. The van der Waals surface area contributed by atoms with Gasteiger partial charge in [-0.1, -0.05) is 18.2 Å². The Morgan fingerprint density at radius 1 is 1.38 bits per heavy atom. The zero-order valence-corrected chi connectivity index (χ0v) is 12.4. The molecule has 1 aromatic heterocycles. The molecule has 5 nitrogen and oxygen atoms in total. The topological polar surface area (TPSA) is 68.5 Å². The van der Waals surface area contributed by atoms with E-state index in [0.29, 0.717) is 31.2 Å². The van der Waals surface area contributed by atoms with Gasteiger partial charge in [-0.2, -0.15) is 0 Å². The van der Waals surface area contributed by atoms with Crippen LogP contribution >= 0.6 is 11.3 Å². The van der Waals surface area contributed by atoms with E-state index in [2.05, 4.69) is 4.98 Å². The lowest BCUT2D eigenvalue weighted by molar-refractivity contribution is -0.132. The maximum atomic E-state index is 12.2. The van der Waals surface area contributed by atoms with Gasteiger partial charge >= 0.3 is 0 Å². The van der Waals surface area contributed by atoms with E-state index in [1.165, 1.54) is 11.3 Å². The number of nitrogens with two attached hydrogens (primary N) is 1. The smallest absolute Gasteiger partial charge is 0.226 e. The second-order valence-electron chi connectivity index (χ2n) is 4.90. The molecule has 2 heterocycles. The van der Waals surface area contributed by atoms with Crippen molar-refractivity contribution in [2.24, 2.45) is 0 Å². The van der Waals surface area contributed by atoms with Crippen LogP contribution in [0.3, 0.4) is 0 Å². The van der Waals surface area contributed by atoms with Gasteiger partial charge < -0.3 is 15.4 Å². The van der Waals surface area contributed by atoms with Crippen LogP contribution in [-0.4, -0.2) is 28.9 Å². The molecule has 2 N–H and O–H groups in total. The van der Waals surface area contributed by atoms with Crippen molar-refractivity contribution in [1.82, 2.24) is 9.88 Å². The molecule has 0 unspecified atom stereocenters. The van der Waals surface area contributed by atoms with Crippen LogP contribution in [0.25, 0.3) is 0 Å². The molecule has 0 saturated carbocycles. The van der Waals surface area contributed by atoms with Crippen molar-refractivity contribution < 1.29 is 9.53 Å². The van der Waals surface area contributed by atoms with Gasteiger partial charge in [0.25, 0.3) is 0 Å². The van der Waals surface area contributed by atoms with Crippen molar-refractivity contribution in [1.29, 1.82) is 0 Å². The van der Waals surface area contributed by atoms with Crippen LogP contribution < -0.4 is 10.5 Å². The number of rotatable bonds is 4. The summed E-state index contributed by atoms with van der Waals surface area (Å²) in [7, 11) is 0. The maximum Gasteiger partial charge on any atom is 0.226 e. The van der Waals surface area contributed by atoms with Crippen LogP contribution in [0.1, 0.15) is 17.0 Å². The van der Waals surface area contributed by atoms with Gasteiger partial charge in [0.05, 0.1) is 25.3 Å². The van der Waals surface area contributed by atoms with E-state index < -0.39 is 0 Å². The standard InChI is InChI=1S/C15H17N3O2S/c16-15-17-12-6-8-18(10-13(12)21-15)14(19)7-9-20-11-4-2-1-3-5-11/h1-5H,6-10H2,(H2,16,17). The molecule has 1 aliphatic rings. The number of para-hydroxylation sites is 1. The highest BCUT2D eigenvalue weighted by atomic mass is 32.1. The van der Waals surface area contributed by atoms with Crippen LogP contribution in [-0.2, 0) is 17.8 Å². The monoisotopic (exact) mass is 303 g/mol. The number of anilines is 1. The van der Waals surface area contributed by atoms with Crippen molar-refractivity contribution in [3.05, 3.63) is 40.9 Å². The minimum atomic E-state index is 0.114. The third kappa shape index (κ3) is 3.33. The minimum absolute atomic E-state index is 0.114. The summed E-state index contributed by atoms with van der Waals surface area (Å²) in [5.41, 5.74) is 6.75. The summed E-state index contributed by atoms with van der Waals surface area (Å²) < 4.78 is 5.56. The van der Waals surface area contributed by atoms with Gasteiger partial charge in [0.2, 0.25) is 5.91 Å². The van der Waals surface area contributed by atoms with E-state index in [1.807, 2.05) is 35.2 Å². The quantitative estimate of drug-likeness (QED) is 0.939. The first-order valence-corrected chi connectivity index (χ1v) is 7.73. The SMILES string of the molecule is Nc1nc2c(s1)CN(C(=O)CCOc1ccccc1)CC2. The second kappa shape index (κ2) is 6.13. The highest BCUT2D eigenvalue weighted by molar-refractivity contribution is 7.15. The molecule has 0 saturated heterocycles. The molecule has 0 radical (unpaired) electrons. The number of ether oxygens (including phenoxy) is 1. The number of fused-ring (bicyclic) bond motifs is 1. The van der Waals surface area contributed by atoms with Crippen LogP contribution in [0.4, 0.5) is 5.13 Å². The molecule has 0 aliphatic carbocycles. The average Bonchev–Trinajstić information content (AvgIpc) is 2.87. The normalized spacial score (nSPS) is 13.8. The zero-order valence-electron chi connectivity index (χ0n) is 11.6. The van der Waals surface area contributed by atoms with Gasteiger partial charge in [0, 0.05) is 17.8 Å². The Balaban J connectivity index is 1.50. The maximum absolute atomic E-state index is 12.2. The van der Waals surface area contributed by atoms with Crippen LogP contribution in [0.5, 0.6) is 5.75 Å². The van der Waals surface area contributed by atoms with Gasteiger partial charge in [-0.15, -0.1) is 11.3 Å². The predicted molar refractivity (Wildman–Crippen MR) is 82.2 cm³/mol. The summed E-state index contributed by atoms with van der Waals surface area (Å²) in [6.45, 7) is 1.73. The van der Waals surface area contributed by atoms with Gasteiger partial charge in [0.1, 0.15) is 5.75 Å². The van der Waals surface area contributed by atoms with E-state index in [-0.39, 0.29) is 5.91 Å². The van der Waals surface area contributed by atoms with Crippen molar-refractivity contribution >= 4 is 22.4 Å². The summed E-state index contributed by atoms with van der Waals surface area (Å²) in [5.74, 6) is 0.907. The summed E-state index contributed by atoms with van der Waals surface area (Å²) in [6.07, 6.45) is 1.17. The molecular weight excluding hydrogens is 286 g/mol. The lowest BCUT2D eigenvalue weighted by Crippen LogP contribution is -2.36. The van der Waals surface area contributed by atoms with E-state index in [0.717, 1.165) is 22.7 Å². The molecule has 2 aromatic rings. The molecule has 0 spiro atoms. The fourth-order valence-electron chi connectivity index (χ4n) is 2.36. The first-order chi connectivity index (χ1) is 10.2. The fourth-order valence-corrected chi connectivity index (χ4v) is 3.25. The molecule has 3 rings (SSSR count). The molecule has 6 heteroatoms. The number of aromatic nitrogens is 1. The zero-order chi connectivity index (χ0) is 14.7. The van der Waals surface area contributed by atoms with Gasteiger partial charge in [-0.3, -0.25) is 4.79 Å². The van der Waals surface area contributed by atoms with Gasteiger partial charge in [-0.25, -0.2) is 4.98 Å². The van der Waals surface area contributed by atoms with Crippen LogP contribution in [0.15, 0.2) is 30.3 Å². The number of benzene rings is 1. The van der Waals surface area contributed by atoms with Crippen molar-refractivity contribution in [2.45, 2.75) is 19.4 Å². The Kier molecular flexibility index (Phi) is 4.06. The molecule has 1 amide bonds. The molecule has 21 heavy (non-hydrogen) atoms. The fraction of sp³-hybridized carbons (Fsp3) is 0.333. The molecule has 0 atom stereocenters. The highest BCUT2D eigenvalue weighted by Crippen LogP contribution is 2.26. The minimum Gasteiger partial charge on any atom is -0.493 e. The third-order valence-electron chi connectivity index (χ3n) is 3.43. The Hall–Kier alpha value is -2.08. The highest BCUT2D eigenvalue weighted by Gasteiger charge is 2.23. The van der Waals surface area contributed by atoms with Gasteiger partial charge in [0.15, 0.2) is 5.13 Å². The number of hydrogen-bond acceptors (Lipinski definition) is 5. The number of carbonyl (C=O) groups excluding carboxylic acids is 1. The Morgan fingerprint density at radius 3 is 3.00 bits per heavy atom.